The van der Waals surface area contributed by atoms with E-state index in [1.54, 1.807) is 26.0 Å². The number of aliphatic hydroxyl groups excluding tert-OH is 2. The minimum Gasteiger partial charge on any atom is -0.478 e. The molecule has 0 bridgehead atoms. The van der Waals surface area contributed by atoms with Crippen molar-refractivity contribution in [2.24, 2.45) is 11.8 Å². The molecule has 1 aromatic carbocycles. The number of aliphatic hydroxyl groups is 2. The molecular weight excluding hydrogens is 498 g/mol. The molecule has 1 rings (SSSR count). The quantitative estimate of drug-likeness (QED) is 0.184. The van der Waals surface area contributed by atoms with E-state index < -0.39 is 48.0 Å². The maximum Gasteiger partial charge on any atom is 0.335 e. The van der Waals surface area contributed by atoms with Crippen molar-refractivity contribution < 1.29 is 34.5 Å². The van der Waals surface area contributed by atoms with Crippen molar-refractivity contribution in [1.29, 1.82) is 0 Å². The molecule has 10 nitrogen and oxygen atoms in total. The molecule has 37 heavy (non-hydrogen) atoms. The topological polar surface area (TPSA) is 165 Å². The van der Waals surface area contributed by atoms with Crippen LogP contribution in [0.2, 0.25) is 0 Å². The summed E-state index contributed by atoms with van der Waals surface area (Å²) in [5.74, 6) is -2.10. The van der Waals surface area contributed by atoms with Gasteiger partial charge in [0.2, 0.25) is 17.7 Å². The zero-order valence-corrected chi connectivity index (χ0v) is 23.0. The van der Waals surface area contributed by atoms with Crippen LogP contribution in [0.5, 0.6) is 0 Å². The van der Waals surface area contributed by atoms with Crippen LogP contribution in [0.15, 0.2) is 24.3 Å². The van der Waals surface area contributed by atoms with Crippen LogP contribution in [0.3, 0.4) is 0 Å². The van der Waals surface area contributed by atoms with E-state index in [-0.39, 0.29) is 36.8 Å². The second-order valence-electron chi connectivity index (χ2n) is 9.82. The largest absolute Gasteiger partial charge is 0.478 e. The molecule has 6 N–H and O–H groups in total. The lowest BCUT2D eigenvalue weighted by molar-refractivity contribution is -0.133. The number of hydrogen-bond donors (Lipinski definition) is 6. The van der Waals surface area contributed by atoms with Crippen LogP contribution in [0.4, 0.5) is 0 Å². The van der Waals surface area contributed by atoms with Crippen LogP contribution in [0, 0.1) is 11.8 Å². The molecule has 0 heterocycles. The molecule has 3 amide bonds. The molecule has 0 fully saturated rings. The van der Waals surface area contributed by atoms with Gasteiger partial charge in [-0.1, -0.05) is 39.8 Å². The highest BCUT2D eigenvalue weighted by atomic mass is 32.2. The monoisotopic (exact) mass is 539 g/mol. The zero-order valence-electron chi connectivity index (χ0n) is 22.2. The van der Waals surface area contributed by atoms with Crippen molar-refractivity contribution in [1.82, 2.24) is 16.0 Å². The molecule has 0 spiro atoms. The summed E-state index contributed by atoms with van der Waals surface area (Å²) in [5.41, 5.74) is 0.844. The number of aromatic carboxylic acids is 1. The predicted octanol–water partition coefficient (Wildman–Crippen LogP) is 1.54. The van der Waals surface area contributed by atoms with Crippen molar-refractivity contribution in [3.05, 3.63) is 35.4 Å². The first-order chi connectivity index (χ1) is 17.3. The Balaban J connectivity index is 2.74. The summed E-state index contributed by atoms with van der Waals surface area (Å²) in [6.07, 6.45) is -0.166. The Morgan fingerprint density at radius 3 is 2.08 bits per heavy atom. The number of hydrogen-bond acceptors (Lipinski definition) is 7. The second-order valence-corrected chi connectivity index (χ2v) is 10.8. The zero-order chi connectivity index (χ0) is 28.1. The Morgan fingerprint density at radius 2 is 1.57 bits per heavy atom. The summed E-state index contributed by atoms with van der Waals surface area (Å²) in [7, 11) is 0. The number of thioether (sulfide) groups is 1. The van der Waals surface area contributed by atoms with Crippen molar-refractivity contribution in [2.45, 2.75) is 77.8 Å². The first-order valence-corrected chi connectivity index (χ1v) is 13.8. The van der Waals surface area contributed by atoms with Crippen molar-refractivity contribution in [3.63, 3.8) is 0 Å². The summed E-state index contributed by atoms with van der Waals surface area (Å²) in [4.78, 5) is 48.8. The number of rotatable bonds is 16. The summed E-state index contributed by atoms with van der Waals surface area (Å²) >= 11 is 1.51. The van der Waals surface area contributed by atoms with E-state index in [2.05, 4.69) is 16.0 Å². The minimum atomic E-state index is -1.21. The van der Waals surface area contributed by atoms with Gasteiger partial charge in [-0.25, -0.2) is 4.79 Å². The summed E-state index contributed by atoms with van der Waals surface area (Å²) in [6, 6.07) is 4.50. The van der Waals surface area contributed by atoms with Crippen LogP contribution in [-0.2, 0) is 20.9 Å². The third-order valence-electron chi connectivity index (χ3n) is 5.74. The average Bonchev–Trinajstić information content (AvgIpc) is 2.83. The molecule has 0 aromatic heterocycles. The standard InChI is InChI=1S/C26H41N3O7S/c1-15(2)12-19(28-24(33)20(30)10-11-37-5)21(31)13-22(32)29-23(16(3)4)25(34)27-14-17-6-8-18(9-7-17)26(35)36/h6-9,15-16,19-21,23,30-31H,10-14H2,1-5H3,(H,27,34)(H,28,33)(H,29,32)(H,35,36)/t19-,20-,21+,23-/m0/s1. The first kappa shape index (κ1) is 32.4. The molecule has 208 valence electrons. The van der Waals surface area contributed by atoms with Crippen LogP contribution in [0.1, 0.15) is 62.9 Å². The van der Waals surface area contributed by atoms with Gasteiger partial charge in [-0.3, -0.25) is 14.4 Å². The van der Waals surface area contributed by atoms with Gasteiger partial charge in [0.1, 0.15) is 12.1 Å². The van der Waals surface area contributed by atoms with E-state index >= 15 is 0 Å². The molecule has 0 unspecified atom stereocenters. The Bertz CT molecular complexity index is 893. The fourth-order valence-corrected chi connectivity index (χ4v) is 4.08. The van der Waals surface area contributed by atoms with Gasteiger partial charge in [0.05, 0.1) is 24.1 Å². The molecule has 0 saturated heterocycles. The lowest BCUT2D eigenvalue weighted by atomic mass is 9.96. The number of benzene rings is 1. The highest BCUT2D eigenvalue weighted by Gasteiger charge is 2.29. The van der Waals surface area contributed by atoms with Crippen molar-refractivity contribution in [2.75, 3.05) is 12.0 Å². The van der Waals surface area contributed by atoms with E-state index in [1.807, 2.05) is 20.1 Å². The Kier molecular flexibility index (Phi) is 14.2. The molecule has 0 aliphatic rings. The number of amides is 3. The summed E-state index contributed by atoms with van der Waals surface area (Å²) in [5, 5.41) is 37.8. The lowest BCUT2D eigenvalue weighted by Gasteiger charge is -2.28. The number of nitrogens with one attached hydrogen (secondary N) is 3. The van der Waals surface area contributed by atoms with Gasteiger partial charge in [-0.15, -0.1) is 0 Å². The van der Waals surface area contributed by atoms with Gasteiger partial charge in [-0.2, -0.15) is 11.8 Å². The number of carboxylic acid groups (broad SMARTS) is 1. The number of carbonyl (C=O) groups is 4. The van der Waals surface area contributed by atoms with E-state index in [1.165, 1.54) is 23.9 Å². The molecule has 1 aromatic rings. The van der Waals surface area contributed by atoms with Gasteiger partial charge in [-0.05, 0) is 54.4 Å². The predicted molar refractivity (Wildman–Crippen MR) is 143 cm³/mol. The average molecular weight is 540 g/mol. The Labute approximate surface area is 223 Å². The van der Waals surface area contributed by atoms with Gasteiger partial charge in [0, 0.05) is 6.54 Å². The molecule has 4 atom stereocenters. The highest BCUT2D eigenvalue weighted by molar-refractivity contribution is 7.98. The molecule has 0 radical (unpaired) electrons. The molecule has 0 aliphatic carbocycles. The SMILES string of the molecule is CSCC[C@H](O)C(=O)N[C@@H](CC(C)C)[C@H](O)CC(=O)N[C@H](C(=O)NCc1ccc(C(=O)O)cc1)C(C)C. The van der Waals surface area contributed by atoms with Gasteiger partial charge < -0.3 is 31.3 Å². The van der Waals surface area contributed by atoms with E-state index in [0.717, 1.165) is 0 Å². The van der Waals surface area contributed by atoms with Gasteiger partial charge >= 0.3 is 5.97 Å². The van der Waals surface area contributed by atoms with E-state index in [9.17, 15) is 29.4 Å². The van der Waals surface area contributed by atoms with Crippen LogP contribution >= 0.6 is 11.8 Å². The molecular formula is C26H41N3O7S. The summed E-state index contributed by atoms with van der Waals surface area (Å²) in [6.45, 7) is 7.55. The molecule has 11 heteroatoms. The second kappa shape index (κ2) is 16.3. The molecule has 0 saturated carbocycles. The van der Waals surface area contributed by atoms with Crippen LogP contribution in [-0.4, -0.2) is 75.3 Å². The van der Waals surface area contributed by atoms with Crippen molar-refractivity contribution >= 4 is 35.5 Å². The normalized spacial score (nSPS) is 14.5. The van der Waals surface area contributed by atoms with Gasteiger partial charge in [0.25, 0.3) is 0 Å². The smallest absolute Gasteiger partial charge is 0.335 e. The first-order valence-electron chi connectivity index (χ1n) is 12.4. The third kappa shape index (κ3) is 12.0. The maximum absolute atomic E-state index is 12.8. The number of carboxylic acids is 1. The lowest BCUT2D eigenvalue weighted by Crippen LogP contribution is -2.52. The van der Waals surface area contributed by atoms with E-state index in [0.29, 0.717) is 17.7 Å². The molecule has 0 aliphatic heterocycles. The number of carbonyl (C=O) groups excluding carboxylic acids is 3. The Hall–Kier alpha value is -2.63. The maximum atomic E-state index is 12.8. The Morgan fingerprint density at radius 1 is 0.946 bits per heavy atom. The fourth-order valence-electron chi connectivity index (χ4n) is 3.62. The minimum absolute atomic E-state index is 0.116. The summed E-state index contributed by atoms with van der Waals surface area (Å²) < 4.78 is 0. The highest BCUT2D eigenvalue weighted by Crippen LogP contribution is 2.13. The van der Waals surface area contributed by atoms with Crippen LogP contribution < -0.4 is 16.0 Å². The van der Waals surface area contributed by atoms with E-state index in [4.69, 9.17) is 5.11 Å². The third-order valence-corrected chi connectivity index (χ3v) is 6.39. The van der Waals surface area contributed by atoms with Crippen molar-refractivity contribution in [3.8, 4) is 0 Å². The van der Waals surface area contributed by atoms with Gasteiger partial charge in [0.15, 0.2) is 0 Å². The van der Waals surface area contributed by atoms with Crippen LogP contribution in [0.25, 0.3) is 0 Å². The fraction of sp³-hybridized carbons (Fsp3) is 0.615.